The van der Waals surface area contributed by atoms with Gasteiger partial charge in [-0.1, -0.05) is 0 Å². The molecular formula is C18H27N2O4S+. The summed E-state index contributed by atoms with van der Waals surface area (Å²) in [7, 11) is 0. The van der Waals surface area contributed by atoms with E-state index >= 15 is 0 Å². The van der Waals surface area contributed by atoms with Crippen molar-refractivity contribution in [1.82, 2.24) is 0 Å². The number of morpholine rings is 1. The summed E-state index contributed by atoms with van der Waals surface area (Å²) in [5.74, 6) is -0.375. The molecule has 138 valence electrons. The second-order valence-corrected chi connectivity index (χ2v) is 8.03. The van der Waals surface area contributed by atoms with Gasteiger partial charge in [-0.05, 0) is 45.6 Å². The molecule has 0 bridgehead atoms. The van der Waals surface area contributed by atoms with Crippen molar-refractivity contribution in [3.63, 3.8) is 0 Å². The van der Waals surface area contributed by atoms with Gasteiger partial charge in [0.1, 0.15) is 30.3 Å². The largest absolute Gasteiger partial charge is 0.462 e. The van der Waals surface area contributed by atoms with E-state index in [9.17, 15) is 9.59 Å². The predicted octanol–water partition coefficient (Wildman–Crippen LogP) is 1.04. The van der Waals surface area contributed by atoms with E-state index < -0.39 is 0 Å². The molecule has 3 rings (SSSR count). The Morgan fingerprint density at radius 2 is 2.00 bits per heavy atom. The first-order valence-corrected chi connectivity index (χ1v) is 9.90. The Morgan fingerprint density at radius 3 is 2.68 bits per heavy atom. The molecule has 2 aliphatic rings. The average molecular weight is 367 g/mol. The fourth-order valence-electron chi connectivity index (χ4n) is 3.84. The molecule has 25 heavy (non-hydrogen) atoms. The van der Waals surface area contributed by atoms with Crippen molar-refractivity contribution >= 4 is 28.2 Å². The van der Waals surface area contributed by atoms with Gasteiger partial charge in [0.15, 0.2) is 6.54 Å². The molecular weight excluding hydrogens is 340 g/mol. The zero-order valence-corrected chi connectivity index (χ0v) is 16.0. The van der Waals surface area contributed by atoms with Crippen LogP contribution >= 0.6 is 11.3 Å². The number of carbonyl (C=O) groups excluding carboxylic acids is 2. The van der Waals surface area contributed by atoms with Crippen LogP contribution in [0.5, 0.6) is 0 Å². The highest BCUT2D eigenvalue weighted by Crippen LogP contribution is 2.39. The second-order valence-electron chi connectivity index (χ2n) is 6.92. The van der Waals surface area contributed by atoms with Gasteiger partial charge in [0, 0.05) is 4.88 Å². The molecule has 2 heterocycles. The fraction of sp³-hybridized carbons (Fsp3) is 0.667. The first kappa shape index (κ1) is 18.4. The molecule has 0 spiro atoms. The minimum absolute atomic E-state index is 0.0539. The molecule has 1 saturated heterocycles. The van der Waals surface area contributed by atoms with E-state index in [4.69, 9.17) is 9.47 Å². The maximum atomic E-state index is 12.5. The molecule has 1 amide bonds. The summed E-state index contributed by atoms with van der Waals surface area (Å²) >= 11 is 1.53. The average Bonchev–Trinajstić information content (AvgIpc) is 3.06. The number of aryl methyl sites for hydroxylation is 1. The number of ether oxygens (including phenoxy) is 2. The molecule has 1 aliphatic carbocycles. The van der Waals surface area contributed by atoms with Crippen LogP contribution in [0.3, 0.4) is 0 Å². The van der Waals surface area contributed by atoms with Crippen LogP contribution in [-0.4, -0.2) is 50.3 Å². The van der Waals surface area contributed by atoms with Crippen molar-refractivity contribution in [3.8, 4) is 0 Å². The standard InChI is InChI=1S/C18H26N2O4S/c1-4-23-18(22)16-13-6-5-7-14(13)25-17(16)19-15(21)10-20-8-11(2)24-12(3)9-20/h11-12H,4-10H2,1-3H3,(H,19,21)/p+1/t11-,12+. The number of amides is 1. The summed E-state index contributed by atoms with van der Waals surface area (Å²) in [5.41, 5.74) is 1.64. The topological polar surface area (TPSA) is 69.1 Å². The summed E-state index contributed by atoms with van der Waals surface area (Å²) < 4.78 is 10.9. The van der Waals surface area contributed by atoms with Crippen LogP contribution in [0.2, 0.25) is 0 Å². The first-order chi connectivity index (χ1) is 12.0. The second kappa shape index (κ2) is 7.85. The molecule has 0 radical (unpaired) electrons. The van der Waals surface area contributed by atoms with Crippen LogP contribution in [0.25, 0.3) is 0 Å². The number of carbonyl (C=O) groups is 2. The number of hydrogen-bond acceptors (Lipinski definition) is 5. The lowest BCUT2D eigenvalue weighted by atomic mass is 10.1. The molecule has 1 unspecified atom stereocenters. The zero-order chi connectivity index (χ0) is 18.0. The van der Waals surface area contributed by atoms with Crippen molar-refractivity contribution in [2.24, 2.45) is 0 Å². The lowest BCUT2D eigenvalue weighted by Gasteiger charge is -2.31. The normalized spacial score (nSPS) is 25.5. The SMILES string of the molecule is CCOC(=O)c1c(NC(=O)C[NH+]2C[C@@H](C)O[C@@H](C)C2)sc2c1CCC2. The van der Waals surface area contributed by atoms with Gasteiger partial charge in [-0.25, -0.2) is 4.79 Å². The monoisotopic (exact) mass is 367 g/mol. The molecule has 0 saturated carbocycles. The highest BCUT2D eigenvalue weighted by molar-refractivity contribution is 7.17. The van der Waals surface area contributed by atoms with Gasteiger partial charge in [-0.15, -0.1) is 11.3 Å². The Kier molecular flexibility index (Phi) is 5.76. The van der Waals surface area contributed by atoms with Crippen LogP contribution in [0, 0.1) is 0 Å². The summed E-state index contributed by atoms with van der Waals surface area (Å²) in [6.07, 6.45) is 3.25. The first-order valence-electron chi connectivity index (χ1n) is 9.08. The summed E-state index contributed by atoms with van der Waals surface area (Å²) in [6.45, 7) is 8.25. The summed E-state index contributed by atoms with van der Waals surface area (Å²) in [5, 5.41) is 3.63. The highest BCUT2D eigenvalue weighted by atomic mass is 32.1. The molecule has 7 heteroatoms. The third kappa shape index (κ3) is 4.22. The zero-order valence-electron chi connectivity index (χ0n) is 15.1. The van der Waals surface area contributed by atoms with Crippen molar-refractivity contribution < 1.29 is 24.0 Å². The molecule has 6 nitrogen and oxygen atoms in total. The van der Waals surface area contributed by atoms with E-state index in [0.717, 1.165) is 37.9 Å². The van der Waals surface area contributed by atoms with Gasteiger partial charge in [0.05, 0.1) is 12.2 Å². The number of nitrogens with one attached hydrogen (secondary N) is 2. The molecule has 1 aromatic rings. The quantitative estimate of drug-likeness (QED) is 0.763. The predicted molar refractivity (Wildman–Crippen MR) is 96.5 cm³/mol. The molecule has 0 aromatic carbocycles. The lowest BCUT2D eigenvalue weighted by Crippen LogP contribution is -3.16. The number of hydrogen-bond donors (Lipinski definition) is 2. The number of rotatable bonds is 5. The van der Waals surface area contributed by atoms with E-state index in [1.165, 1.54) is 21.1 Å². The van der Waals surface area contributed by atoms with E-state index in [2.05, 4.69) is 5.32 Å². The lowest BCUT2D eigenvalue weighted by molar-refractivity contribution is -0.907. The van der Waals surface area contributed by atoms with Crippen LogP contribution in [0.4, 0.5) is 5.00 Å². The number of fused-ring (bicyclic) bond motifs is 1. The minimum atomic E-state index is -0.321. The van der Waals surface area contributed by atoms with Crippen LogP contribution in [-0.2, 0) is 27.1 Å². The van der Waals surface area contributed by atoms with Crippen molar-refractivity contribution in [3.05, 3.63) is 16.0 Å². The Hall–Kier alpha value is -1.44. The van der Waals surface area contributed by atoms with E-state index in [0.29, 0.717) is 23.7 Å². The Morgan fingerprint density at radius 1 is 1.28 bits per heavy atom. The smallest absolute Gasteiger partial charge is 0.341 e. The molecule has 1 fully saturated rings. The van der Waals surface area contributed by atoms with Crippen molar-refractivity contribution in [1.29, 1.82) is 0 Å². The molecule has 2 N–H and O–H groups in total. The maximum absolute atomic E-state index is 12.5. The highest BCUT2D eigenvalue weighted by Gasteiger charge is 2.30. The Balaban J connectivity index is 1.70. The van der Waals surface area contributed by atoms with Crippen LogP contribution in [0.1, 0.15) is 48.0 Å². The van der Waals surface area contributed by atoms with Crippen molar-refractivity contribution in [2.45, 2.75) is 52.2 Å². The number of quaternary nitrogens is 1. The van der Waals surface area contributed by atoms with Gasteiger partial charge in [-0.2, -0.15) is 0 Å². The molecule has 1 aromatic heterocycles. The number of thiophene rings is 1. The number of esters is 1. The maximum Gasteiger partial charge on any atom is 0.341 e. The third-order valence-electron chi connectivity index (χ3n) is 4.68. The van der Waals surface area contributed by atoms with Crippen LogP contribution in [0.15, 0.2) is 0 Å². The Bertz CT molecular complexity index is 648. The Labute approximate surface area is 152 Å². The van der Waals surface area contributed by atoms with Gasteiger partial charge >= 0.3 is 5.97 Å². The van der Waals surface area contributed by atoms with Crippen molar-refractivity contribution in [2.75, 3.05) is 31.6 Å². The molecule has 1 aliphatic heterocycles. The summed E-state index contributed by atoms with van der Waals surface area (Å²) in [6, 6.07) is 0. The van der Waals surface area contributed by atoms with Crippen LogP contribution < -0.4 is 10.2 Å². The minimum Gasteiger partial charge on any atom is -0.462 e. The van der Waals surface area contributed by atoms with E-state index in [-0.39, 0.29) is 24.1 Å². The number of anilines is 1. The van der Waals surface area contributed by atoms with Gasteiger partial charge in [0.2, 0.25) is 0 Å². The fourth-order valence-corrected chi connectivity index (χ4v) is 5.14. The van der Waals surface area contributed by atoms with Gasteiger partial charge in [0.25, 0.3) is 5.91 Å². The third-order valence-corrected chi connectivity index (χ3v) is 5.89. The van der Waals surface area contributed by atoms with E-state index in [1.54, 1.807) is 6.92 Å². The summed E-state index contributed by atoms with van der Waals surface area (Å²) in [4.78, 5) is 27.3. The van der Waals surface area contributed by atoms with E-state index in [1.807, 2.05) is 13.8 Å². The van der Waals surface area contributed by atoms with Gasteiger partial charge in [-0.3, -0.25) is 4.79 Å². The molecule has 3 atom stereocenters. The van der Waals surface area contributed by atoms with Gasteiger partial charge < -0.3 is 19.7 Å².